The summed E-state index contributed by atoms with van der Waals surface area (Å²) in [6, 6.07) is 6.88. The van der Waals surface area contributed by atoms with Gasteiger partial charge < -0.3 is 19.9 Å². The maximum Gasteiger partial charge on any atom is 0.191 e. The van der Waals surface area contributed by atoms with Crippen LogP contribution < -0.4 is 10.6 Å². The van der Waals surface area contributed by atoms with E-state index < -0.39 is 0 Å². The third-order valence-corrected chi connectivity index (χ3v) is 5.09. The lowest BCUT2D eigenvalue weighted by Crippen LogP contribution is -2.41. The average Bonchev–Trinajstić information content (AvgIpc) is 3.23. The Hall–Kier alpha value is -2.52. The Labute approximate surface area is 177 Å². The minimum atomic E-state index is -0.169. The molecule has 164 valence electrons. The van der Waals surface area contributed by atoms with Crippen LogP contribution in [-0.2, 0) is 24.1 Å². The SMILES string of the molecule is CCc1nncn1CCNC(=NCCN1CCOCC1)NCCc1ccccc1F. The first-order valence-corrected chi connectivity index (χ1v) is 10.7. The van der Waals surface area contributed by atoms with Crippen LogP contribution in [0, 0.1) is 5.82 Å². The summed E-state index contributed by atoms with van der Waals surface area (Å²) in [5, 5.41) is 14.8. The van der Waals surface area contributed by atoms with E-state index in [-0.39, 0.29) is 5.82 Å². The first-order valence-electron chi connectivity index (χ1n) is 10.7. The van der Waals surface area contributed by atoms with Crippen molar-refractivity contribution in [3.8, 4) is 0 Å². The van der Waals surface area contributed by atoms with Gasteiger partial charge in [0.05, 0.1) is 19.8 Å². The zero-order valence-electron chi connectivity index (χ0n) is 17.7. The van der Waals surface area contributed by atoms with Crippen molar-refractivity contribution in [3.05, 3.63) is 47.8 Å². The van der Waals surface area contributed by atoms with Gasteiger partial charge >= 0.3 is 0 Å². The normalized spacial score (nSPS) is 15.3. The average molecular weight is 418 g/mol. The number of aryl methyl sites for hydroxylation is 1. The number of hydrogen-bond acceptors (Lipinski definition) is 5. The summed E-state index contributed by atoms with van der Waals surface area (Å²) in [5.74, 6) is 1.54. The van der Waals surface area contributed by atoms with Crippen molar-refractivity contribution in [3.63, 3.8) is 0 Å². The second-order valence-corrected chi connectivity index (χ2v) is 7.17. The van der Waals surface area contributed by atoms with E-state index in [1.54, 1.807) is 12.4 Å². The molecular formula is C21H32FN7O. The van der Waals surface area contributed by atoms with Gasteiger partial charge in [-0.15, -0.1) is 10.2 Å². The highest BCUT2D eigenvalue weighted by molar-refractivity contribution is 5.79. The highest BCUT2D eigenvalue weighted by Gasteiger charge is 2.09. The number of nitrogens with zero attached hydrogens (tertiary/aromatic N) is 5. The van der Waals surface area contributed by atoms with Gasteiger partial charge in [-0.2, -0.15) is 0 Å². The first kappa shape index (κ1) is 22.2. The molecule has 0 bridgehead atoms. The zero-order chi connectivity index (χ0) is 21.0. The first-order chi connectivity index (χ1) is 14.8. The van der Waals surface area contributed by atoms with Crippen molar-refractivity contribution in [2.45, 2.75) is 26.3 Å². The number of halogens is 1. The van der Waals surface area contributed by atoms with Gasteiger partial charge in [-0.3, -0.25) is 9.89 Å². The molecule has 1 saturated heterocycles. The highest BCUT2D eigenvalue weighted by atomic mass is 19.1. The van der Waals surface area contributed by atoms with Crippen LogP contribution in [0.15, 0.2) is 35.6 Å². The van der Waals surface area contributed by atoms with E-state index >= 15 is 0 Å². The van der Waals surface area contributed by atoms with Gasteiger partial charge in [-0.1, -0.05) is 25.1 Å². The van der Waals surface area contributed by atoms with E-state index in [1.165, 1.54) is 6.07 Å². The zero-order valence-corrected chi connectivity index (χ0v) is 17.7. The standard InChI is InChI=1S/C21H32FN7O/c1-2-20-27-26-17-29(20)12-10-25-21(24-9-11-28-13-15-30-16-14-28)23-8-7-18-5-3-4-6-19(18)22/h3-6,17H,2,7-16H2,1H3,(H2,23,24,25). The van der Waals surface area contributed by atoms with Gasteiger partial charge in [-0.25, -0.2) is 4.39 Å². The van der Waals surface area contributed by atoms with E-state index in [0.717, 1.165) is 57.6 Å². The Morgan fingerprint density at radius 2 is 1.97 bits per heavy atom. The number of morpholine rings is 1. The minimum absolute atomic E-state index is 0.169. The Kier molecular flexibility index (Phi) is 9.04. The van der Waals surface area contributed by atoms with Crippen molar-refractivity contribution >= 4 is 5.96 Å². The molecule has 1 aromatic heterocycles. The molecule has 2 heterocycles. The van der Waals surface area contributed by atoms with Gasteiger partial charge in [0.2, 0.25) is 0 Å². The van der Waals surface area contributed by atoms with Crippen LogP contribution in [0.4, 0.5) is 4.39 Å². The largest absolute Gasteiger partial charge is 0.379 e. The fourth-order valence-corrected chi connectivity index (χ4v) is 3.35. The third-order valence-electron chi connectivity index (χ3n) is 5.09. The van der Waals surface area contributed by atoms with E-state index in [2.05, 4.69) is 32.7 Å². The molecule has 0 spiro atoms. The van der Waals surface area contributed by atoms with Crippen LogP contribution in [0.1, 0.15) is 18.3 Å². The number of aliphatic imine (C=N–C) groups is 1. The van der Waals surface area contributed by atoms with Crippen molar-refractivity contribution in [1.82, 2.24) is 30.3 Å². The van der Waals surface area contributed by atoms with Crippen LogP contribution in [0.3, 0.4) is 0 Å². The van der Waals surface area contributed by atoms with Crippen LogP contribution in [0.25, 0.3) is 0 Å². The number of hydrogen-bond donors (Lipinski definition) is 2. The molecule has 9 heteroatoms. The molecule has 30 heavy (non-hydrogen) atoms. The predicted molar refractivity (Wildman–Crippen MR) is 115 cm³/mol. The van der Waals surface area contributed by atoms with Gasteiger partial charge in [0.15, 0.2) is 5.96 Å². The summed E-state index contributed by atoms with van der Waals surface area (Å²) in [4.78, 5) is 7.07. The molecule has 2 aromatic rings. The van der Waals surface area contributed by atoms with Crippen LogP contribution >= 0.6 is 0 Å². The summed E-state index contributed by atoms with van der Waals surface area (Å²) in [7, 11) is 0. The fraction of sp³-hybridized carbons (Fsp3) is 0.571. The highest BCUT2D eigenvalue weighted by Crippen LogP contribution is 2.06. The van der Waals surface area contributed by atoms with Crippen LogP contribution in [0.2, 0.25) is 0 Å². The van der Waals surface area contributed by atoms with Gasteiger partial charge in [0, 0.05) is 45.7 Å². The fourth-order valence-electron chi connectivity index (χ4n) is 3.35. The number of nitrogens with one attached hydrogen (secondary N) is 2. The van der Waals surface area contributed by atoms with Gasteiger partial charge in [0.1, 0.15) is 18.0 Å². The lowest BCUT2D eigenvalue weighted by molar-refractivity contribution is 0.0394. The van der Waals surface area contributed by atoms with Crippen LogP contribution in [0.5, 0.6) is 0 Å². The molecule has 0 aliphatic carbocycles. The third kappa shape index (κ3) is 7.07. The summed E-state index contributed by atoms with van der Waals surface area (Å²) < 4.78 is 21.3. The molecule has 0 radical (unpaired) electrons. The second-order valence-electron chi connectivity index (χ2n) is 7.17. The van der Waals surface area contributed by atoms with E-state index in [1.807, 2.05) is 16.7 Å². The summed E-state index contributed by atoms with van der Waals surface area (Å²) in [6.07, 6.45) is 3.20. The maximum absolute atomic E-state index is 13.8. The summed E-state index contributed by atoms with van der Waals surface area (Å²) in [6.45, 7) is 9.20. The molecule has 0 amide bonds. The molecule has 8 nitrogen and oxygen atoms in total. The number of aromatic nitrogens is 3. The quantitative estimate of drug-likeness (QED) is 0.445. The molecule has 0 atom stereocenters. The van der Waals surface area contributed by atoms with Crippen molar-refractivity contribution in [2.75, 3.05) is 52.5 Å². The molecular weight excluding hydrogens is 385 g/mol. The number of ether oxygens (including phenoxy) is 1. The Bertz CT molecular complexity index is 789. The molecule has 1 aliphatic rings. The van der Waals surface area contributed by atoms with E-state index in [0.29, 0.717) is 31.6 Å². The Morgan fingerprint density at radius 1 is 1.17 bits per heavy atom. The van der Waals surface area contributed by atoms with E-state index in [4.69, 9.17) is 9.73 Å². The predicted octanol–water partition coefficient (Wildman–Crippen LogP) is 1.09. The van der Waals surface area contributed by atoms with Gasteiger partial charge in [-0.05, 0) is 18.1 Å². The van der Waals surface area contributed by atoms with Gasteiger partial charge in [0.25, 0.3) is 0 Å². The smallest absolute Gasteiger partial charge is 0.191 e. The molecule has 1 aliphatic heterocycles. The Balaban J connectivity index is 1.50. The Morgan fingerprint density at radius 3 is 2.77 bits per heavy atom. The molecule has 2 N–H and O–H groups in total. The lowest BCUT2D eigenvalue weighted by Gasteiger charge is -2.25. The summed E-state index contributed by atoms with van der Waals surface area (Å²) >= 11 is 0. The monoisotopic (exact) mass is 417 g/mol. The maximum atomic E-state index is 13.8. The number of benzene rings is 1. The minimum Gasteiger partial charge on any atom is -0.379 e. The molecule has 1 fully saturated rings. The van der Waals surface area contributed by atoms with E-state index in [9.17, 15) is 4.39 Å². The second kappa shape index (κ2) is 12.2. The van der Waals surface area contributed by atoms with Crippen molar-refractivity contribution in [1.29, 1.82) is 0 Å². The van der Waals surface area contributed by atoms with Crippen LogP contribution in [-0.4, -0.2) is 78.1 Å². The topological polar surface area (TPSA) is 79.6 Å². The molecule has 3 rings (SSSR count). The molecule has 0 unspecified atom stereocenters. The number of rotatable bonds is 10. The molecule has 0 saturated carbocycles. The lowest BCUT2D eigenvalue weighted by atomic mass is 10.1. The summed E-state index contributed by atoms with van der Waals surface area (Å²) in [5.41, 5.74) is 0.703. The number of guanidine groups is 1. The molecule has 1 aromatic carbocycles. The van der Waals surface area contributed by atoms with Crippen molar-refractivity contribution < 1.29 is 9.13 Å². The van der Waals surface area contributed by atoms with Crippen molar-refractivity contribution in [2.24, 2.45) is 4.99 Å².